The number of rotatable bonds is 4. The number of anilines is 1. The maximum atomic E-state index is 12.4. The summed E-state index contributed by atoms with van der Waals surface area (Å²) in [4.78, 5) is 28.5. The van der Waals surface area contributed by atoms with E-state index in [1.165, 1.54) is 0 Å². The van der Waals surface area contributed by atoms with Crippen LogP contribution in [0.15, 0.2) is 12.1 Å². The first-order chi connectivity index (χ1) is 10.0. The summed E-state index contributed by atoms with van der Waals surface area (Å²) in [5.41, 5.74) is 1.37. The molecule has 0 radical (unpaired) electrons. The van der Waals surface area contributed by atoms with Gasteiger partial charge < -0.3 is 16.0 Å². The van der Waals surface area contributed by atoms with Crippen LogP contribution in [0.5, 0.6) is 0 Å². The van der Waals surface area contributed by atoms with E-state index >= 15 is 0 Å². The fraction of sp³-hybridized carbons (Fsp3) is 0.533. The fourth-order valence-electron chi connectivity index (χ4n) is 2.26. The highest BCUT2D eigenvalue weighted by Gasteiger charge is 2.24. The van der Waals surface area contributed by atoms with Crippen LogP contribution in [-0.4, -0.2) is 36.4 Å². The van der Waals surface area contributed by atoms with Gasteiger partial charge in [-0.3, -0.25) is 9.59 Å². The van der Waals surface area contributed by atoms with Crippen LogP contribution in [0.4, 0.5) is 5.82 Å². The average Bonchev–Trinajstić information content (AvgIpc) is 2.49. The van der Waals surface area contributed by atoms with Crippen LogP contribution in [0.2, 0.25) is 0 Å². The first kappa shape index (κ1) is 15.3. The van der Waals surface area contributed by atoms with Crippen LogP contribution in [0, 0.1) is 0 Å². The van der Waals surface area contributed by atoms with Crippen LogP contribution < -0.4 is 16.0 Å². The van der Waals surface area contributed by atoms with Crippen LogP contribution in [0.25, 0.3) is 0 Å². The maximum Gasteiger partial charge on any atom is 0.252 e. The fourth-order valence-corrected chi connectivity index (χ4v) is 2.26. The summed E-state index contributed by atoms with van der Waals surface area (Å²) >= 11 is 0. The van der Waals surface area contributed by atoms with Gasteiger partial charge in [0.25, 0.3) is 5.91 Å². The molecule has 2 heterocycles. The number of hydrogen-bond donors (Lipinski definition) is 3. The second-order valence-corrected chi connectivity index (χ2v) is 5.53. The number of nitrogens with zero attached hydrogens (tertiary/aromatic N) is 1. The van der Waals surface area contributed by atoms with Gasteiger partial charge in [-0.05, 0) is 30.9 Å². The van der Waals surface area contributed by atoms with Crippen molar-refractivity contribution in [1.82, 2.24) is 15.6 Å². The minimum Gasteiger partial charge on any atom is -0.373 e. The molecule has 3 N–H and O–H groups in total. The monoisotopic (exact) mass is 290 g/mol. The van der Waals surface area contributed by atoms with Gasteiger partial charge in [-0.2, -0.15) is 0 Å². The van der Waals surface area contributed by atoms with Crippen molar-refractivity contribution in [3.63, 3.8) is 0 Å². The van der Waals surface area contributed by atoms with E-state index in [1.807, 2.05) is 13.8 Å². The predicted molar refractivity (Wildman–Crippen MR) is 81.4 cm³/mol. The molecule has 6 nitrogen and oxygen atoms in total. The molecule has 2 amide bonds. The largest absolute Gasteiger partial charge is 0.373 e. The van der Waals surface area contributed by atoms with Gasteiger partial charge in [0.1, 0.15) is 11.9 Å². The van der Waals surface area contributed by atoms with Crippen molar-refractivity contribution < 1.29 is 9.59 Å². The number of carbonyl (C=O) groups is 2. The second kappa shape index (κ2) is 6.56. The van der Waals surface area contributed by atoms with Gasteiger partial charge in [-0.1, -0.05) is 13.8 Å². The minimum absolute atomic E-state index is 0.110. The zero-order chi connectivity index (χ0) is 15.4. The molecule has 1 unspecified atom stereocenters. The van der Waals surface area contributed by atoms with E-state index in [0.717, 1.165) is 12.1 Å². The minimum atomic E-state index is -0.444. The van der Waals surface area contributed by atoms with Crippen LogP contribution >= 0.6 is 0 Å². The second-order valence-electron chi connectivity index (χ2n) is 5.53. The van der Waals surface area contributed by atoms with E-state index in [-0.39, 0.29) is 17.7 Å². The van der Waals surface area contributed by atoms with E-state index in [4.69, 9.17) is 0 Å². The summed E-state index contributed by atoms with van der Waals surface area (Å²) in [5, 5.41) is 8.52. The molecule has 0 aromatic carbocycles. The van der Waals surface area contributed by atoms with Gasteiger partial charge in [0.15, 0.2) is 0 Å². The highest BCUT2D eigenvalue weighted by molar-refractivity contribution is 5.98. The Morgan fingerprint density at radius 2 is 2.19 bits per heavy atom. The molecule has 1 atom stereocenters. The molecule has 0 bridgehead atoms. The molecule has 1 aliphatic rings. The SMILES string of the molecule is CNc1cc(C(=O)NC2CCCNC2=O)cc(C(C)C)n1. The molecule has 0 saturated carbocycles. The lowest BCUT2D eigenvalue weighted by molar-refractivity contribution is -0.124. The zero-order valence-corrected chi connectivity index (χ0v) is 12.7. The first-order valence-corrected chi connectivity index (χ1v) is 7.29. The lowest BCUT2D eigenvalue weighted by Crippen LogP contribution is -2.50. The number of carbonyl (C=O) groups excluding carboxylic acids is 2. The third-order valence-electron chi connectivity index (χ3n) is 3.55. The van der Waals surface area contributed by atoms with Crippen LogP contribution in [-0.2, 0) is 4.79 Å². The molecule has 1 fully saturated rings. The molecule has 6 heteroatoms. The normalized spacial score (nSPS) is 18.3. The van der Waals surface area contributed by atoms with Gasteiger partial charge in [-0.15, -0.1) is 0 Å². The Morgan fingerprint density at radius 1 is 1.43 bits per heavy atom. The predicted octanol–water partition coefficient (Wildman–Crippen LogP) is 1.26. The maximum absolute atomic E-state index is 12.4. The zero-order valence-electron chi connectivity index (χ0n) is 12.7. The Bertz CT molecular complexity index is 542. The van der Waals surface area contributed by atoms with Crippen molar-refractivity contribution in [3.8, 4) is 0 Å². The molecular formula is C15H22N4O2. The third kappa shape index (κ3) is 3.71. The average molecular weight is 290 g/mol. The Morgan fingerprint density at radius 3 is 2.81 bits per heavy atom. The van der Waals surface area contributed by atoms with Crippen molar-refractivity contribution in [2.24, 2.45) is 0 Å². The van der Waals surface area contributed by atoms with Crippen molar-refractivity contribution in [2.75, 3.05) is 18.9 Å². The quantitative estimate of drug-likeness (QED) is 0.779. The lowest BCUT2D eigenvalue weighted by Gasteiger charge is -2.23. The highest BCUT2D eigenvalue weighted by Crippen LogP contribution is 2.17. The van der Waals surface area contributed by atoms with Crippen molar-refractivity contribution >= 4 is 17.6 Å². The Balaban J connectivity index is 2.18. The molecule has 114 valence electrons. The highest BCUT2D eigenvalue weighted by atomic mass is 16.2. The van der Waals surface area contributed by atoms with E-state index in [9.17, 15) is 9.59 Å². The summed E-state index contributed by atoms with van der Waals surface area (Å²) < 4.78 is 0. The van der Waals surface area contributed by atoms with Gasteiger partial charge in [-0.25, -0.2) is 4.98 Å². The first-order valence-electron chi connectivity index (χ1n) is 7.29. The van der Waals surface area contributed by atoms with E-state index in [2.05, 4.69) is 20.9 Å². The molecule has 2 rings (SSSR count). The molecule has 0 spiro atoms. The molecular weight excluding hydrogens is 268 g/mol. The number of hydrogen-bond acceptors (Lipinski definition) is 4. The summed E-state index contributed by atoms with van der Waals surface area (Å²) in [6.45, 7) is 4.73. The molecule has 1 saturated heterocycles. The van der Waals surface area contributed by atoms with E-state index < -0.39 is 6.04 Å². The van der Waals surface area contributed by atoms with Crippen LogP contribution in [0.1, 0.15) is 48.7 Å². The van der Waals surface area contributed by atoms with Crippen molar-refractivity contribution in [2.45, 2.75) is 38.6 Å². The van der Waals surface area contributed by atoms with E-state index in [1.54, 1.807) is 19.2 Å². The Kier molecular flexibility index (Phi) is 4.77. The molecule has 21 heavy (non-hydrogen) atoms. The summed E-state index contributed by atoms with van der Waals surface area (Å²) in [5.74, 6) is 0.529. The lowest BCUT2D eigenvalue weighted by atomic mass is 10.0. The Labute approximate surface area is 124 Å². The number of pyridine rings is 1. The topological polar surface area (TPSA) is 83.1 Å². The third-order valence-corrected chi connectivity index (χ3v) is 3.55. The Hall–Kier alpha value is -2.11. The molecule has 1 aliphatic heterocycles. The van der Waals surface area contributed by atoms with Gasteiger partial charge in [0.2, 0.25) is 5.91 Å². The number of piperidine rings is 1. The molecule has 0 aliphatic carbocycles. The van der Waals surface area contributed by atoms with Crippen molar-refractivity contribution in [3.05, 3.63) is 23.4 Å². The summed E-state index contributed by atoms with van der Waals surface area (Å²) in [6.07, 6.45) is 1.56. The van der Waals surface area contributed by atoms with Crippen molar-refractivity contribution in [1.29, 1.82) is 0 Å². The standard InChI is InChI=1S/C15H22N4O2/c1-9(2)12-7-10(8-13(16-3)18-12)14(20)19-11-5-4-6-17-15(11)21/h7-9,11H,4-6H2,1-3H3,(H,16,18)(H,17,21)(H,19,20). The summed E-state index contributed by atoms with van der Waals surface area (Å²) in [6, 6.07) is 3.03. The number of amides is 2. The molecule has 1 aromatic rings. The number of nitrogens with one attached hydrogen (secondary N) is 3. The van der Waals surface area contributed by atoms with Crippen LogP contribution in [0.3, 0.4) is 0 Å². The van der Waals surface area contributed by atoms with Gasteiger partial charge in [0.05, 0.1) is 0 Å². The van der Waals surface area contributed by atoms with Gasteiger partial charge >= 0.3 is 0 Å². The number of aromatic nitrogens is 1. The molecule has 1 aromatic heterocycles. The summed E-state index contributed by atoms with van der Waals surface area (Å²) in [7, 11) is 1.77. The smallest absolute Gasteiger partial charge is 0.252 e. The van der Waals surface area contributed by atoms with Gasteiger partial charge in [0, 0.05) is 24.8 Å². The van der Waals surface area contributed by atoms with E-state index in [0.29, 0.717) is 24.3 Å².